The van der Waals surface area contributed by atoms with Gasteiger partial charge in [0, 0.05) is 0 Å². The van der Waals surface area contributed by atoms with Gasteiger partial charge in [-0.05, 0) is 0 Å². The van der Waals surface area contributed by atoms with Gasteiger partial charge >= 0.3 is 110 Å². The van der Waals surface area contributed by atoms with Gasteiger partial charge in [-0.25, -0.2) is 0 Å². The van der Waals surface area contributed by atoms with Gasteiger partial charge in [0.25, 0.3) is 0 Å². The molecule has 0 aliphatic carbocycles. The number of hydrogen-bond acceptors (Lipinski definition) is 3. The van der Waals surface area contributed by atoms with Crippen molar-refractivity contribution in [3.63, 3.8) is 0 Å². The zero-order valence-electron chi connectivity index (χ0n) is 9.38. The molecule has 0 radical (unpaired) electrons. The van der Waals surface area contributed by atoms with Crippen LogP contribution in [0.4, 0.5) is 0 Å². The minimum absolute atomic E-state index is 0.0492. The molecule has 92 valence electrons. The molecule has 2 aromatic rings. The van der Waals surface area contributed by atoms with Crippen LogP contribution in [0.2, 0.25) is 5.21 Å². The van der Waals surface area contributed by atoms with Crippen molar-refractivity contribution in [3.8, 4) is 11.3 Å². The zero-order chi connectivity index (χ0) is 13.0. The van der Waals surface area contributed by atoms with E-state index < -0.39 is 21.7 Å². The van der Waals surface area contributed by atoms with E-state index in [0.717, 1.165) is 11.3 Å². The summed E-state index contributed by atoms with van der Waals surface area (Å²) in [6, 6.07) is 11.2. The Morgan fingerprint density at radius 1 is 1.28 bits per heavy atom. The number of carbonyl (C=O) groups is 2. The molecule has 1 aromatic heterocycles. The van der Waals surface area contributed by atoms with E-state index in [1.54, 1.807) is 6.07 Å². The molecule has 6 heteroatoms. The molecule has 2 N–H and O–H groups in total. The van der Waals surface area contributed by atoms with Gasteiger partial charge in [0.05, 0.1) is 0 Å². The Morgan fingerprint density at radius 2 is 2.00 bits per heavy atom. The number of aromatic nitrogens is 2. The summed E-state index contributed by atoms with van der Waals surface area (Å²) in [5, 5.41) is 15.2. The number of nitrogens with one attached hydrogen (secondary N) is 1. The van der Waals surface area contributed by atoms with Crippen LogP contribution < -0.4 is 0 Å². The molecular weight excluding hydrogens is 295 g/mol. The molecule has 0 fully saturated rings. The van der Waals surface area contributed by atoms with Crippen LogP contribution in [0.5, 0.6) is 0 Å². The monoisotopic (exact) mass is 306 g/mol. The molecule has 18 heavy (non-hydrogen) atoms. The Bertz CT molecular complexity index is 566. The molecule has 0 aliphatic heterocycles. The Kier molecular flexibility index (Phi) is 3.95. The number of aromatic amines is 1. The Hall–Kier alpha value is -1.87. The molecule has 0 aliphatic rings. The molecule has 0 saturated heterocycles. The van der Waals surface area contributed by atoms with Crippen molar-refractivity contribution >= 4 is 26.3 Å². The zero-order valence-corrected chi connectivity index (χ0v) is 11.5. The molecule has 2 rings (SSSR count). The predicted molar refractivity (Wildman–Crippen MR) is 67.9 cm³/mol. The van der Waals surface area contributed by atoms with Crippen molar-refractivity contribution in [3.05, 3.63) is 42.1 Å². The Labute approximate surface area is 110 Å². The van der Waals surface area contributed by atoms with Crippen molar-refractivity contribution in [2.75, 3.05) is 0 Å². The van der Waals surface area contributed by atoms with Crippen LogP contribution in [-0.4, -0.2) is 41.6 Å². The third kappa shape index (κ3) is 3.08. The fourth-order valence-corrected chi connectivity index (χ4v) is 2.75. The summed E-state index contributed by atoms with van der Waals surface area (Å²) >= 11 is -1.17. The molecule has 0 spiro atoms. The number of hydrogen-bond donors (Lipinski definition) is 2. The van der Waals surface area contributed by atoms with Crippen LogP contribution >= 0.6 is 0 Å². The number of benzene rings is 1. The number of nitrogens with zero attached hydrogens (tertiary/aromatic N) is 1. The molecule has 1 heterocycles. The van der Waals surface area contributed by atoms with Crippen LogP contribution in [0.3, 0.4) is 0 Å². The Morgan fingerprint density at radius 3 is 2.67 bits per heavy atom. The van der Waals surface area contributed by atoms with E-state index in [1.807, 2.05) is 30.3 Å². The minimum atomic E-state index is -1.17. The van der Waals surface area contributed by atoms with E-state index in [9.17, 15) is 9.59 Å². The average Bonchev–Trinajstić information content (AvgIpc) is 2.86. The first-order valence-corrected chi connectivity index (χ1v) is 7.81. The predicted octanol–water partition coefficient (Wildman–Crippen LogP) is 1.16. The normalized spacial score (nSPS) is 10.9. The van der Waals surface area contributed by atoms with Crippen molar-refractivity contribution < 1.29 is 14.7 Å². The molecule has 0 saturated carbocycles. The molecule has 0 amide bonds. The van der Waals surface area contributed by atoms with Gasteiger partial charge in [-0.3, -0.25) is 0 Å². The van der Waals surface area contributed by atoms with E-state index in [4.69, 9.17) is 5.11 Å². The second-order valence-corrected chi connectivity index (χ2v) is 6.05. The standard InChI is InChI=1S/C12H11AsN2O3/c16-11(17)7-13-12(18)10-6-9(14-15-10)8-4-2-1-3-5-8/h1-6,13H,7H2,(H,14,15)(H,16,17). The van der Waals surface area contributed by atoms with Gasteiger partial charge in [0.1, 0.15) is 0 Å². The molecule has 0 bridgehead atoms. The van der Waals surface area contributed by atoms with Crippen molar-refractivity contribution in [2.24, 2.45) is 0 Å². The van der Waals surface area contributed by atoms with Crippen LogP contribution in [0, 0.1) is 0 Å². The van der Waals surface area contributed by atoms with Crippen LogP contribution in [0.25, 0.3) is 11.3 Å². The Balaban J connectivity index is 2.11. The molecule has 1 atom stereocenters. The SMILES string of the molecule is O=C(O)C[AsH]C(=O)c1cc(-c2ccccc2)[nH]n1. The maximum absolute atomic E-state index is 11.7. The van der Waals surface area contributed by atoms with Gasteiger partial charge < -0.3 is 0 Å². The van der Waals surface area contributed by atoms with Crippen molar-refractivity contribution in [2.45, 2.75) is 5.21 Å². The second kappa shape index (κ2) is 5.65. The van der Waals surface area contributed by atoms with E-state index in [-0.39, 0.29) is 9.78 Å². The molecular formula is C12H11AsN2O3. The summed E-state index contributed by atoms with van der Waals surface area (Å²) in [4.78, 5) is 22.1. The number of rotatable bonds is 5. The maximum atomic E-state index is 11.7. The number of aliphatic carboxylic acids is 1. The third-order valence-electron chi connectivity index (χ3n) is 2.30. The summed E-state index contributed by atoms with van der Waals surface area (Å²) < 4.78 is -0.143. The molecule has 1 unspecified atom stereocenters. The fourth-order valence-electron chi connectivity index (χ4n) is 1.45. The number of H-pyrrole nitrogens is 1. The first kappa shape index (κ1) is 12.6. The van der Waals surface area contributed by atoms with E-state index in [1.165, 1.54) is 0 Å². The van der Waals surface area contributed by atoms with E-state index >= 15 is 0 Å². The number of carbonyl (C=O) groups excluding carboxylic acids is 1. The van der Waals surface area contributed by atoms with Crippen LogP contribution in [0.15, 0.2) is 36.4 Å². The summed E-state index contributed by atoms with van der Waals surface area (Å²) in [5.41, 5.74) is 2.04. The number of carboxylic acid groups (broad SMARTS) is 1. The second-order valence-electron chi connectivity index (χ2n) is 3.61. The van der Waals surface area contributed by atoms with Crippen molar-refractivity contribution in [1.82, 2.24) is 10.2 Å². The number of carboxylic acids is 1. The van der Waals surface area contributed by atoms with Gasteiger partial charge in [0.2, 0.25) is 0 Å². The van der Waals surface area contributed by atoms with Gasteiger partial charge in [-0.15, -0.1) is 0 Å². The first-order valence-electron chi connectivity index (χ1n) is 5.27. The summed E-state index contributed by atoms with van der Waals surface area (Å²) in [7, 11) is 0. The average molecular weight is 306 g/mol. The topological polar surface area (TPSA) is 83.0 Å². The van der Waals surface area contributed by atoms with Crippen LogP contribution in [-0.2, 0) is 4.79 Å². The van der Waals surface area contributed by atoms with Gasteiger partial charge in [-0.1, -0.05) is 0 Å². The van der Waals surface area contributed by atoms with Gasteiger partial charge in [0.15, 0.2) is 0 Å². The quantitative estimate of drug-likeness (QED) is 0.812. The van der Waals surface area contributed by atoms with E-state index in [2.05, 4.69) is 10.2 Å². The third-order valence-corrected chi connectivity index (χ3v) is 4.51. The van der Waals surface area contributed by atoms with E-state index in [0.29, 0.717) is 5.69 Å². The van der Waals surface area contributed by atoms with Crippen LogP contribution in [0.1, 0.15) is 10.5 Å². The summed E-state index contributed by atoms with van der Waals surface area (Å²) in [6.45, 7) is 0. The van der Waals surface area contributed by atoms with Gasteiger partial charge in [-0.2, -0.15) is 0 Å². The molecule has 5 nitrogen and oxygen atoms in total. The first-order chi connectivity index (χ1) is 8.66. The summed E-state index contributed by atoms with van der Waals surface area (Å²) in [5.74, 6) is -0.929. The molecule has 1 aromatic carbocycles. The summed E-state index contributed by atoms with van der Waals surface area (Å²) in [6.07, 6.45) is 0. The van der Waals surface area contributed by atoms with Crippen molar-refractivity contribution in [1.29, 1.82) is 0 Å². The fraction of sp³-hybridized carbons (Fsp3) is 0.0833.